The van der Waals surface area contributed by atoms with Gasteiger partial charge in [0.1, 0.15) is 11.8 Å². The molecule has 0 aliphatic carbocycles. The second kappa shape index (κ2) is 11.8. The molecule has 4 aromatic rings. The Kier molecular flexibility index (Phi) is 8.57. The highest BCUT2D eigenvalue weighted by atomic mass is 31.2. The SMILES string of the molecule is C[N+](C)(COP(=O)(O)OCc1ccccc1)[C@@H](CCOc1cccc2ccccc12)c1ccccc1. The van der Waals surface area contributed by atoms with Gasteiger partial charge in [0, 0.05) is 17.4 Å². The highest BCUT2D eigenvalue weighted by Crippen LogP contribution is 2.45. The van der Waals surface area contributed by atoms with Crippen molar-refractivity contribution in [2.45, 2.75) is 19.1 Å². The maximum Gasteiger partial charge on any atom is 0.476 e. The number of fused-ring (bicyclic) bond motifs is 1. The van der Waals surface area contributed by atoms with Gasteiger partial charge in [0.15, 0.2) is 6.73 Å². The number of benzene rings is 4. The van der Waals surface area contributed by atoms with E-state index in [0.717, 1.165) is 27.6 Å². The van der Waals surface area contributed by atoms with Gasteiger partial charge in [0.05, 0.1) is 27.3 Å². The van der Waals surface area contributed by atoms with Crippen LogP contribution in [0.15, 0.2) is 103 Å². The normalized spacial score (nSPS) is 14.3. The third-order valence-electron chi connectivity index (χ3n) is 6.22. The number of phosphoric acid groups is 1. The fourth-order valence-electron chi connectivity index (χ4n) is 4.28. The molecule has 1 unspecified atom stereocenters. The summed E-state index contributed by atoms with van der Waals surface area (Å²) in [5, 5.41) is 2.21. The molecule has 4 rings (SSSR count). The van der Waals surface area contributed by atoms with Gasteiger partial charge in [0.2, 0.25) is 0 Å². The number of hydrogen-bond acceptors (Lipinski definition) is 4. The lowest BCUT2D eigenvalue weighted by atomic mass is 10.0. The van der Waals surface area contributed by atoms with Crippen molar-refractivity contribution < 1.29 is 27.7 Å². The second-order valence-electron chi connectivity index (χ2n) is 9.31. The Morgan fingerprint density at radius 2 is 1.44 bits per heavy atom. The van der Waals surface area contributed by atoms with E-state index in [1.165, 1.54) is 0 Å². The minimum absolute atomic E-state index is 0.00301. The third kappa shape index (κ3) is 7.03. The molecule has 0 spiro atoms. The molecule has 1 N–H and O–H groups in total. The Morgan fingerprint density at radius 1 is 0.806 bits per heavy atom. The molecule has 0 aromatic heterocycles. The van der Waals surface area contributed by atoms with Crippen molar-refractivity contribution in [2.24, 2.45) is 0 Å². The average molecular weight is 507 g/mol. The van der Waals surface area contributed by atoms with E-state index in [2.05, 4.69) is 30.3 Å². The zero-order valence-corrected chi connectivity index (χ0v) is 21.6. The highest BCUT2D eigenvalue weighted by molar-refractivity contribution is 7.47. The van der Waals surface area contributed by atoms with Crippen LogP contribution < -0.4 is 4.74 Å². The topological polar surface area (TPSA) is 65.0 Å². The molecular weight excluding hydrogens is 473 g/mol. The first-order valence-corrected chi connectivity index (χ1v) is 13.5. The number of ether oxygens (including phenoxy) is 1. The molecule has 4 aromatic carbocycles. The molecule has 0 aliphatic rings. The smallest absolute Gasteiger partial charge is 0.476 e. The van der Waals surface area contributed by atoms with Crippen LogP contribution in [0, 0.1) is 0 Å². The van der Waals surface area contributed by atoms with E-state index >= 15 is 0 Å². The summed E-state index contributed by atoms with van der Waals surface area (Å²) in [6.45, 7) is 0.482. The molecule has 7 heteroatoms. The Labute approximate surface area is 212 Å². The summed E-state index contributed by atoms with van der Waals surface area (Å²) in [7, 11) is -0.276. The van der Waals surface area contributed by atoms with E-state index in [-0.39, 0.29) is 19.4 Å². The van der Waals surface area contributed by atoms with Gasteiger partial charge in [-0.25, -0.2) is 9.09 Å². The van der Waals surface area contributed by atoms with E-state index in [0.29, 0.717) is 17.5 Å². The van der Waals surface area contributed by atoms with E-state index in [4.69, 9.17) is 13.8 Å². The molecule has 2 atom stereocenters. The fourth-order valence-corrected chi connectivity index (χ4v) is 5.11. The molecule has 0 saturated carbocycles. The van der Waals surface area contributed by atoms with Crippen LogP contribution >= 0.6 is 7.82 Å². The van der Waals surface area contributed by atoms with Crippen LogP contribution in [-0.2, 0) is 20.2 Å². The van der Waals surface area contributed by atoms with Crippen molar-refractivity contribution in [1.82, 2.24) is 0 Å². The average Bonchev–Trinajstić information content (AvgIpc) is 2.90. The lowest BCUT2D eigenvalue weighted by Gasteiger charge is -2.38. The summed E-state index contributed by atoms with van der Waals surface area (Å²) in [6, 6.07) is 33.5. The molecule has 36 heavy (non-hydrogen) atoms. The minimum atomic E-state index is -4.23. The van der Waals surface area contributed by atoms with Gasteiger partial charge in [-0.05, 0) is 17.0 Å². The maximum absolute atomic E-state index is 12.6. The molecule has 0 amide bonds. The van der Waals surface area contributed by atoms with E-state index in [1.54, 1.807) is 0 Å². The van der Waals surface area contributed by atoms with E-state index in [1.807, 2.05) is 86.9 Å². The van der Waals surface area contributed by atoms with E-state index < -0.39 is 7.82 Å². The van der Waals surface area contributed by atoms with Gasteiger partial charge in [-0.15, -0.1) is 0 Å². The predicted octanol–water partition coefficient (Wildman–Crippen LogP) is 6.72. The molecule has 0 radical (unpaired) electrons. The van der Waals surface area contributed by atoms with Gasteiger partial charge >= 0.3 is 7.82 Å². The van der Waals surface area contributed by atoms with Crippen LogP contribution in [0.5, 0.6) is 5.75 Å². The van der Waals surface area contributed by atoms with Gasteiger partial charge < -0.3 is 9.63 Å². The zero-order valence-electron chi connectivity index (χ0n) is 20.7. The molecule has 6 nitrogen and oxygen atoms in total. The van der Waals surface area contributed by atoms with Crippen molar-refractivity contribution in [2.75, 3.05) is 27.4 Å². The van der Waals surface area contributed by atoms with Gasteiger partial charge in [-0.3, -0.25) is 9.01 Å². The van der Waals surface area contributed by atoms with E-state index in [9.17, 15) is 9.46 Å². The molecule has 188 valence electrons. The number of nitrogens with zero attached hydrogens (tertiary/aromatic N) is 1. The highest BCUT2D eigenvalue weighted by Gasteiger charge is 2.34. The van der Waals surface area contributed by atoms with Crippen LogP contribution in [0.2, 0.25) is 0 Å². The van der Waals surface area contributed by atoms with Crippen molar-refractivity contribution in [3.8, 4) is 5.75 Å². The van der Waals surface area contributed by atoms with Crippen LogP contribution in [0.3, 0.4) is 0 Å². The number of phosphoric ester groups is 1. The second-order valence-corrected chi connectivity index (χ2v) is 10.8. The molecule has 0 aliphatic heterocycles. The van der Waals surface area contributed by atoms with Crippen LogP contribution in [0.1, 0.15) is 23.6 Å². The van der Waals surface area contributed by atoms with Crippen molar-refractivity contribution in [3.05, 3.63) is 114 Å². The quantitative estimate of drug-likeness (QED) is 0.131. The van der Waals surface area contributed by atoms with Crippen molar-refractivity contribution >= 4 is 18.6 Å². The summed E-state index contributed by atoms with van der Waals surface area (Å²) in [5.41, 5.74) is 1.91. The lowest BCUT2D eigenvalue weighted by molar-refractivity contribution is -0.936. The number of quaternary nitrogens is 1. The van der Waals surface area contributed by atoms with Gasteiger partial charge in [-0.1, -0.05) is 97.1 Å². The summed E-state index contributed by atoms with van der Waals surface area (Å²) in [5.74, 6) is 0.843. The van der Waals surface area contributed by atoms with Gasteiger partial charge in [0.25, 0.3) is 0 Å². The molecule has 0 heterocycles. The zero-order chi connectivity index (χ0) is 25.4. The number of hydrogen-bond donors (Lipinski definition) is 1. The first-order chi connectivity index (χ1) is 17.3. The molecular formula is C29H33NO5P+. The van der Waals surface area contributed by atoms with Crippen LogP contribution in [-0.4, -0.2) is 36.8 Å². The largest absolute Gasteiger partial charge is 0.493 e. The molecule has 0 saturated heterocycles. The Morgan fingerprint density at radius 3 is 2.19 bits per heavy atom. The standard InChI is InChI=1S/C29H32NO5P/c1-30(2,23-35-36(31,32)34-22-24-12-5-3-6-13-24)28(26-15-7-4-8-16-26)20-21-33-29-19-11-17-25-14-9-10-18-27(25)29/h3-19,28H,20-23H2,1-2H3/p+1/t28-/m0/s1. The molecule has 0 fully saturated rings. The Hall–Kier alpha value is -2.99. The third-order valence-corrected chi connectivity index (χ3v) is 7.11. The Balaban J connectivity index is 1.42. The summed E-state index contributed by atoms with van der Waals surface area (Å²) < 4.78 is 29.8. The predicted molar refractivity (Wildman–Crippen MR) is 142 cm³/mol. The maximum atomic E-state index is 12.6. The minimum Gasteiger partial charge on any atom is -0.493 e. The lowest BCUT2D eigenvalue weighted by Crippen LogP contribution is -2.45. The van der Waals surface area contributed by atoms with Gasteiger partial charge in [-0.2, -0.15) is 0 Å². The fraction of sp³-hybridized carbons (Fsp3) is 0.241. The number of rotatable bonds is 12. The summed E-state index contributed by atoms with van der Waals surface area (Å²) in [4.78, 5) is 10.3. The molecule has 0 bridgehead atoms. The van der Waals surface area contributed by atoms with Crippen molar-refractivity contribution in [3.63, 3.8) is 0 Å². The summed E-state index contributed by atoms with van der Waals surface area (Å²) >= 11 is 0. The first kappa shape index (κ1) is 26.1. The first-order valence-electron chi connectivity index (χ1n) is 12.0. The monoisotopic (exact) mass is 506 g/mol. The Bertz CT molecular complexity index is 1290. The summed E-state index contributed by atoms with van der Waals surface area (Å²) in [6.07, 6.45) is 0.685. The van der Waals surface area contributed by atoms with Crippen LogP contribution in [0.25, 0.3) is 10.8 Å². The van der Waals surface area contributed by atoms with Crippen molar-refractivity contribution in [1.29, 1.82) is 0 Å². The van der Waals surface area contributed by atoms with Crippen LogP contribution in [0.4, 0.5) is 0 Å².